The number of carbonyl (C=O) groups is 3. The van der Waals surface area contributed by atoms with Gasteiger partial charge in [0.15, 0.2) is 0 Å². The Balaban J connectivity index is 4.03. The van der Waals surface area contributed by atoms with E-state index in [9.17, 15) is 14.4 Å². The highest BCUT2D eigenvalue weighted by Crippen LogP contribution is 2.07. The summed E-state index contributed by atoms with van der Waals surface area (Å²) in [6.07, 6.45) is 2.68. The van der Waals surface area contributed by atoms with Crippen LogP contribution in [0.1, 0.15) is 26.2 Å². The molecule has 0 bridgehead atoms. The van der Waals surface area contributed by atoms with Crippen molar-refractivity contribution in [3.8, 4) is 0 Å². The smallest absolute Gasteiger partial charge is 0.326 e. The molecule has 0 radical (unpaired) electrons. The van der Waals surface area contributed by atoms with Gasteiger partial charge in [0.2, 0.25) is 5.91 Å². The van der Waals surface area contributed by atoms with Gasteiger partial charge in [0.05, 0.1) is 0 Å². The summed E-state index contributed by atoms with van der Waals surface area (Å²) in [5, 5.41) is 14.2. The van der Waals surface area contributed by atoms with Crippen LogP contribution < -0.4 is 16.4 Å². The van der Waals surface area contributed by atoms with Gasteiger partial charge in [-0.15, -0.1) is 0 Å². The highest BCUT2D eigenvalue weighted by Gasteiger charge is 2.20. The number of carboxylic acids is 1. The van der Waals surface area contributed by atoms with E-state index in [1.165, 1.54) is 0 Å². The predicted octanol–water partition coefficient (Wildman–Crippen LogP) is 0.146. The van der Waals surface area contributed by atoms with Crippen molar-refractivity contribution in [1.82, 2.24) is 10.6 Å². The lowest BCUT2D eigenvalue weighted by Crippen LogP contribution is -2.46. The van der Waals surface area contributed by atoms with Crippen molar-refractivity contribution in [1.29, 1.82) is 0 Å². The Hall–Kier alpha value is -1.44. The molecule has 3 amide bonds. The van der Waals surface area contributed by atoms with Crippen molar-refractivity contribution < 1.29 is 19.5 Å². The van der Waals surface area contributed by atoms with Gasteiger partial charge >= 0.3 is 12.0 Å². The first kappa shape index (κ1) is 17.6. The fourth-order valence-electron chi connectivity index (χ4n) is 1.26. The first-order valence-electron chi connectivity index (χ1n) is 5.95. The Kier molecular flexibility index (Phi) is 8.77. The van der Waals surface area contributed by atoms with Gasteiger partial charge in [-0.3, -0.25) is 4.79 Å². The van der Waals surface area contributed by atoms with E-state index in [0.29, 0.717) is 11.8 Å². The molecule has 0 aromatic carbocycles. The van der Waals surface area contributed by atoms with Crippen LogP contribution in [-0.4, -0.2) is 47.1 Å². The quantitative estimate of drug-likeness (QED) is 0.481. The molecule has 19 heavy (non-hydrogen) atoms. The molecule has 2 atom stereocenters. The molecule has 0 spiro atoms. The molecular formula is C11H21N3O4S. The fraction of sp³-hybridized carbons (Fsp3) is 0.727. The zero-order chi connectivity index (χ0) is 14.8. The van der Waals surface area contributed by atoms with Crippen molar-refractivity contribution in [2.45, 2.75) is 37.5 Å². The molecule has 0 aliphatic heterocycles. The molecule has 7 nitrogen and oxygen atoms in total. The van der Waals surface area contributed by atoms with E-state index in [1.807, 2.05) is 13.2 Å². The lowest BCUT2D eigenvalue weighted by atomic mass is 10.1. The first-order valence-corrected chi connectivity index (χ1v) is 7.23. The average molecular weight is 291 g/mol. The molecule has 110 valence electrons. The lowest BCUT2D eigenvalue weighted by molar-refractivity contribution is -0.139. The summed E-state index contributed by atoms with van der Waals surface area (Å²) in [6, 6.07) is -1.66. The second-order valence-electron chi connectivity index (χ2n) is 4.13. The van der Waals surface area contributed by atoms with Crippen LogP contribution in [0.2, 0.25) is 0 Å². The van der Waals surface area contributed by atoms with Crippen LogP contribution in [0, 0.1) is 0 Å². The zero-order valence-corrected chi connectivity index (χ0v) is 12.0. The molecule has 0 aliphatic carbocycles. The Morgan fingerprint density at radius 1 is 1.32 bits per heavy atom. The van der Waals surface area contributed by atoms with Gasteiger partial charge in [-0.25, -0.2) is 9.59 Å². The van der Waals surface area contributed by atoms with Gasteiger partial charge in [-0.05, 0) is 19.1 Å². The van der Waals surface area contributed by atoms with Crippen LogP contribution in [0.25, 0.3) is 0 Å². The Bertz CT molecular complexity index is 325. The zero-order valence-electron chi connectivity index (χ0n) is 11.1. The molecule has 5 N–H and O–H groups in total. The molecule has 0 heterocycles. The molecule has 8 heteroatoms. The summed E-state index contributed by atoms with van der Waals surface area (Å²) < 4.78 is 0. The van der Waals surface area contributed by atoms with Crippen molar-refractivity contribution in [3.05, 3.63) is 0 Å². The Morgan fingerprint density at radius 2 is 1.95 bits per heavy atom. The predicted molar refractivity (Wildman–Crippen MR) is 74.0 cm³/mol. The number of hydrogen-bond acceptors (Lipinski definition) is 4. The van der Waals surface area contributed by atoms with E-state index in [-0.39, 0.29) is 12.8 Å². The number of nitrogens with one attached hydrogen (secondary N) is 2. The number of urea groups is 1. The van der Waals surface area contributed by atoms with E-state index in [4.69, 9.17) is 10.8 Å². The molecule has 0 aliphatic rings. The van der Waals surface area contributed by atoms with Crippen molar-refractivity contribution in [3.63, 3.8) is 0 Å². The number of carbonyl (C=O) groups excluding carboxylic acids is 2. The third kappa shape index (κ3) is 9.18. The van der Waals surface area contributed by atoms with Crippen molar-refractivity contribution in [2.75, 3.05) is 12.8 Å². The Morgan fingerprint density at radius 3 is 2.42 bits per heavy atom. The number of rotatable bonds is 9. The number of thioether (sulfide) groups is 1. The van der Waals surface area contributed by atoms with Gasteiger partial charge < -0.3 is 21.5 Å². The van der Waals surface area contributed by atoms with Gasteiger partial charge in [-0.2, -0.15) is 11.8 Å². The molecule has 0 saturated heterocycles. The molecule has 1 unspecified atom stereocenters. The van der Waals surface area contributed by atoms with E-state index in [2.05, 4.69) is 10.6 Å². The highest BCUT2D eigenvalue weighted by molar-refractivity contribution is 7.99. The maximum Gasteiger partial charge on any atom is 0.326 e. The van der Waals surface area contributed by atoms with Crippen LogP contribution in [0.4, 0.5) is 4.79 Å². The van der Waals surface area contributed by atoms with Gasteiger partial charge in [-0.1, -0.05) is 6.92 Å². The van der Waals surface area contributed by atoms with Gasteiger partial charge in [0, 0.05) is 18.2 Å². The normalized spacial score (nSPS) is 13.4. The maximum atomic E-state index is 11.5. The number of aliphatic carboxylic acids is 1. The SMILES string of the molecule is CSC(C)CCNC(=O)N[C@H](CCC(N)=O)C(=O)O. The van der Waals surface area contributed by atoms with Gasteiger partial charge in [0.25, 0.3) is 0 Å². The third-order valence-electron chi connectivity index (χ3n) is 2.52. The molecule has 0 fully saturated rings. The first-order chi connectivity index (χ1) is 8.86. The average Bonchev–Trinajstić information content (AvgIpc) is 2.33. The van der Waals surface area contributed by atoms with Crippen LogP contribution in [-0.2, 0) is 9.59 Å². The van der Waals surface area contributed by atoms with Gasteiger partial charge in [0.1, 0.15) is 6.04 Å². The second-order valence-corrected chi connectivity index (χ2v) is 5.41. The number of primary amides is 1. The summed E-state index contributed by atoms with van der Waals surface area (Å²) in [5.41, 5.74) is 4.94. The maximum absolute atomic E-state index is 11.5. The van der Waals surface area contributed by atoms with E-state index < -0.39 is 23.9 Å². The van der Waals surface area contributed by atoms with Crippen LogP contribution in [0.3, 0.4) is 0 Å². The van der Waals surface area contributed by atoms with E-state index in [1.54, 1.807) is 11.8 Å². The Labute approximate surface area is 116 Å². The summed E-state index contributed by atoms with van der Waals surface area (Å²) >= 11 is 1.69. The summed E-state index contributed by atoms with van der Waals surface area (Å²) in [4.78, 5) is 32.9. The minimum atomic E-state index is -1.19. The summed E-state index contributed by atoms with van der Waals surface area (Å²) in [6.45, 7) is 2.51. The van der Waals surface area contributed by atoms with E-state index in [0.717, 1.165) is 6.42 Å². The van der Waals surface area contributed by atoms with Crippen LogP contribution in [0.15, 0.2) is 0 Å². The second kappa shape index (κ2) is 9.48. The topological polar surface area (TPSA) is 122 Å². The summed E-state index contributed by atoms with van der Waals surface area (Å²) in [5.74, 6) is -1.78. The molecule has 0 aromatic rings. The minimum absolute atomic E-state index is 0.0146. The number of nitrogens with two attached hydrogens (primary N) is 1. The fourth-order valence-corrected chi connectivity index (χ4v) is 1.61. The van der Waals surface area contributed by atoms with Crippen molar-refractivity contribution >= 4 is 29.7 Å². The van der Waals surface area contributed by atoms with Crippen LogP contribution in [0.5, 0.6) is 0 Å². The molecular weight excluding hydrogens is 270 g/mol. The monoisotopic (exact) mass is 291 g/mol. The van der Waals surface area contributed by atoms with E-state index >= 15 is 0 Å². The lowest BCUT2D eigenvalue weighted by Gasteiger charge is -2.15. The highest BCUT2D eigenvalue weighted by atomic mass is 32.2. The third-order valence-corrected chi connectivity index (χ3v) is 3.56. The number of carboxylic acid groups (broad SMARTS) is 1. The summed E-state index contributed by atoms with van der Waals surface area (Å²) in [7, 11) is 0. The molecule has 0 rings (SSSR count). The molecule has 0 aromatic heterocycles. The number of amides is 3. The van der Waals surface area contributed by atoms with Crippen molar-refractivity contribution in [2.24, 2.45) is 5.73 Å². The minimum Gasteiger partial charge on any atom is -0.480 e. The standard InChI is InChI=1S/C11H21N3O4S/c1-7(19-2)5-6-13-11(18)14-8(10(16)17)3-4-9(12)15/h7-8H,3-6H2,1-2H3,(H2,12,15)(H,16,17)(H2,13,14,18)/t7?,8-/m1/s1. The van der Waals surface area contributed by atoms with Crippen LogP contribution >= 0.6 is 11.8 Å². The molecule has 0 saturated carbocycles. The largest absolute Gasteiger partial charge is 0.480 e. The number of hydrogen-bond donors (Lipinski definition) is 4.